The SMILES string of the molecule is COC(=O)C(Cc1cnc[nH]1)NC(=O)O[C@@H]1CCC(CC(C)C2CC(=O)C(C)/C=C(\C)[C@@H](O)C(OC)C(=O)[C@H](C)CC(C)/C=C/C=C/C=C(\C)C(OC)CC3CC[C@@H](C)[C@@](O)(O3)C(=O)C(=O)N3CCCC[C@H]3C(=O)O2)CC1OC. The molecule has 20 nitrogen and oxygen atoms in total. The van der Waals surface area contributed by atoms with Crippen LogP contribution in [0.1, 0.15) is 131 Å². The van der Waals surface area contributed by atoms with Crippen molar-refractivity contribution in [2.75, 3.05) is 35.0 Å². The predicted molar refractivity (Wildman–Crippen MR) is 291 cm³/mol. The molecule has 440 valence electrons. The zero-order valence-corrected chi connectivity index (χ0v) is 48.2. The van der Waals surface area contributed by atoms with Crippen LogP contribution in [-0.4, -0.2) is 162 Å². The average molecular weight is 1110 g/mol. The summed E-state index contributed by atoms with van der Waals surface area (Å²) in [5.41, 5.74) is 1.81. The van der Waals surface area contributed by atoms with Crippen molar-refractivity contribution in [3.8, 4) is 0 Å². The van der Waals surface area contributed by atoms with Gasteiger partial charge in [-0.25, -0.2) is 19.4 Å². The minimum Gasteiger partial charge on any atom is -0.467 e. The normalized spacial score (nSPS) is 35.5. The summed E-state index contributed by atoms with van der Waals surface area (Å²) in [5.74, 6) is -9.38. The smallest absolute Gasteiger partial charge is 0.408 e. The number of allylic oxidation sites excluding steroid dienone is 6. The first kappa shape index (κ1) is 64.4. The first-order chi connectivity index (χ1) is 37.5. The zero-order valence-electron chi connectivity index (χ0n) is 48.2. The number of aromatic nitrogens is 2. The lowest BCUT2D eigenvalue weighted by molar-refractivity contribution is -0.265. The number of ketones is 3. The van der Waals surface area contributed by atoms with Crippen molar-refractivity contribution >= 4 is 41.3 Å². The lowest BCUT2D eigenvalue weighted by Gasteiger charge is -2.42. The zero-order chi connectivity index (χ0) is 58.1. The molecule has 3 fully saturated rings. The summed E-state index contributed by atoms with van der Waals surface area (Å²) in [4.78, 5) is 105. The molecule has 1 aromatic heterocycles. The van der Waals surface area contributed by atoms with Crippen molar-refractivity contribution in [3.63, 3.8) is 0 Å². The molecule has 2 saturated heterocycles. The van der Waals surface area contributed by atoms with Crippen LogP contribution in [0, 0.1) is 35.5 Å². The molecule has 5 rings (SSSR count). The number of fused-ring (bicyclic) bond motifs is 3. The van der Waals surface area contributed by atoms with Gasteiger partial charge >= 0.3 is 18.0 Å². The van der Waals surface area contributed by atoms with E-state index in [0.717, 1.165) is 10.5 Å². The Bertz CT molecular complexity index is 2350. The third-order valence-corrected chi connectivity index (χ3v) is 16.5. The second kappa shape index (κ2) is 30.4. The number of hydrogen-bond donors (Lipinski definition) is 4. The Kier molecular flexibility index (Phi) is 24.8. The summed E-state index contributed by atoms with van der Waals surface area (Å²) in [6, 6.07) is -2.26. The van der Waals surface area contributed by atoms with Crippen LogP contribution in [0.4, 0.5) is 4.79 Å². The van der Waals surface area contributed by atoms with Gasteiger partial charge in [0.2, 0.25) is 5.79 Å². The maximum absolute atomic E-state index is 14.6. The fourth-order valence-electron chi connectivity index (χ4n) is 11.5. The highest BCUT2D eigenvalue weighted by Gasteiger charge is 2.53. The summed E-state index contributed by atoms with van der Waals surface area (Å²) in [6.07, 6.45) is 11.8. The van der Waals surface area contributed by atoms with E-state index in [9.17, 15) is 43.8 Å². The monoisotopic (exact) mass is 1110 g/mol. The molecule has 4 aliphatic rings. The number of ether oxygens (including phenoxy) is 7. The molecule has 2 bridgehead atoms. The topological polar surface area (TPSA) is 269 Å². The number of rotatable bonds is 11. The number of piperidine rings is 1. The highest BCUT2D eigenvalue weighted by molar-refractivity contribution is 6.39. The van der Waals surface area contributed by atoms with Crippen LogP contribution in [-0.2, 0) is 68.3 Å². The van der Waals surface area contributed by atoms with E-state index in [4.69, 9.17) is 33.2 Å². The number of nitrogens with one attached hydrogen (secondary N) is 2. The van der Waals surface area contributed by atoms with Gasteiger partial charge in [-0.15, -0.1) is 0 Å². The van der Waals surface area contributed by atoms with E-state index in [2.05, 4.69) is 15.3 Å². The number of esters is 2. The van der Waals surface area contributed by atoms with E-state index in [1.165, 1.54) is 33.9 Å². The maximum Gasteiger partial charge on any atom is 0.408 e. The summed E-state index contributed by atoms with van der Waals surface area (Å²) in [6.45, 7) is 12.5. The molecule has 0 aromatic carbocycles. The van der Waals surface area contributed by atoms with Gasteiger partial charge in [-0.2, -0.15) is 0 Å². The Morgan fingerprint density at radius 2 is 1.65 bits per heavy atom. The Balaban J connectivity index is 1.42. The van der Waals surface area contributed by atoms with Gasteiger partial charge in [0.05, 0.1) is 31.7 Å². The minimum atomic E-state index is -2.48. The number of aliphatic hydroxyl groups excluding tert-OH is 1. The number of carbonyl (C=O) groups is 7. The fraction of sp³-hybridized carbons (Fsp3) is 0.695. The number of methoxy groups -OCH3 is 4. The van der Waals surface area contributed by atoms with Gasteiger partial charge in [-0.1, -0.05) is 71.1 Å². The fourth-order valence-corrected chi connectivity index (χ4v) is 11.5. The Morgan fingerprint density at radius 1 is 0.899 bits per heavy atom. The molecule has 4 N–H and O–H groups in total. The van der Waals surface area contributed by atoms with Gasteiger partial charge in [0.1, 0.15) is 42.3 Å². The Labute approximate surface area is 465 Å². The number of aromatic amines is 1. The standard InChI is InChI=1S/C59H88N4O16/c1-34-17-13-12-14-18-35(2)48(73-8)30-43-22-20-40(7)59(72,79-43)54(67)55(68)63-24-16-15-19-45(63)57(70)77-49(31-46(64)36(3)26-39(6)52(66)53(75-10)51(65)38(5)25-34)37(4)27-41-21-23-47(50(28-41)74-9)78-58(71)62-44(56(69)76-11)29-42-32-60-33-61-42/h12-14,17-18,26,32-34,36-38,40-41,43-45,47-50,52-53,66,72H,15-16,19-25,27-31H2,1-11H3,(H,60,61)(H,62,71)/b14-12+,17-13+,35-18+,39-26+/t34?,36?,37?,38-,40-,41?,43?,44?,45+,47-,48?,49?,50?,52-,53?,59-/m1/s1. The van der Waals surface area contributed by atoms with E-state index in [-0.39, 0.29) is 55.6 Å². The number of hydrogen-bond acceptors (Lipinski definition) is 17. The summed E-state index contributed by atoms with van der Waals surface area (Å²) in [5, 5.41) is 26.2. The van der Waals surface area contributed by atoms with Gasteiger partial charge in [-0.05, 0) is 107 Å². The number of amides is 2. The van der Waals surface area contributed by atoms with E-state index < -0.39 is 114 Å². The highest BCUT2D eigenvalue weighted by Crippen LogP contribution is 2.38. The number of Topliss-reactive ketones (excluding diaryl/α,β-unsaturated/α-hetero) is 3. The summed E-state index contributed by atoms with van der Waals surface area (Å²) < 4.78 is 40.6. The van der Waals surface area contributed by atoms with E-state index in [1.54, 1.807) is 40.9 Å². The van der Waals surface area contributed by atoms with Crippen molar-refractivity contribution in [2.24, 2.45) is 35.5 Å². The van der Waals surface area contributed by atoms with E-state index >= 15 is 0 Å². The van der Waals surface area contributed by atoms with Crippen LogP contribution in [0.2, 0.25) is 0 Å². The Morgan fingerprint density at radius 3 is 2.32 bits per heavy atom. The summed E-state index contributed by atoms with van der Waals surface area (Å²) >= 11 is 0. The van der Waals surface area contributed by atoms with E-state index in [1.807, 2.05) is 51.2 Å². The van der Waals surface area contributed by atoms with Gasteiger partial charge in [0.25, 0.3) is 11.7 Å². The molecule has 20 heteroatoms. The number of aliphatic hydroxyl groups is 2. The van der Waals surface area contributed by atoms with Crippen LogP contribution in [0.15, 0.2) is 60.1 Å². The number of imidazole rings is 1. The van der Waals surface area contributed by atoms with Gasteiger partial charge in [0.15, 0.2) is 5.78 Å². The van der Waals surface area contributed by atoms with Gasteiger partial charge in [0, 0.05) is 76.8 Å². The molecular weight excluding hydrogens is 1020 g/mol. The number of H-pyrrole nitrogens is 1. The first-order valence-corrected chi connectivity index (χ1v) is 28.1. The van der Waals surface area contributed by atoms with Crippen LogP contribution in [0.25, 0.3) is 0 Å². The largest absolute Gasteiger partial charge is 0.467 e. The molecule has 1 saturated carbocycles. The molecule has 10 unspecified atom stereocenters. The minimum absolute atomic E-state index is 0.0127. The molecule has 4 heterocycles. The van der Waals surface area contributed by atoms with Crippen molar-refractivity contribution in [1.82, 2.24) is 20.2 Å². The highest BCUT2D eigenvalue weighted by atomic mass is 16.6. The van der Waals surface area contributed by atoms with Crippen molar-refractivity contribution in [3.05, 3.63) is 65.8 Å². The van der Waals surface area contributed by atoms with Crippen LogP contribution >= 0.6 is 0 Å². The molecule has 0 spiro atoms. The molecule has 0 radical (unpaired) electrons. The molecule has 16 atom stereocenters. The number of cyclic esters (lactones) is 1. The number of alkyl carbamates (subject to hydrolysis) is 1. The predicted octanol–water partition coefficient (Wildman–Crippen LogP) is 6.42. The third-order valence-electron chi connectivity index (χ3n) is 16.5. The maximum atomic E-state index is 14.6. The molecule has 2 amide bonds. The van der Waals surface area contributed by atoms with Crippen molar-refractivity contribution in [1.29, 1.82) is 0 Å². The quantitative estimate of drug-likeness (QED) is 0.0805. The second-order valence-electron chi connectivity index (χ2n) is 22.5. The Hall–Kier alpha value is -5.38. The third kappa shape index (κ3) is 17.6. The van der Waals surface area contributed by atoms with Crippen LogP contribution < -0.4 is 5.32 Å². The van der Waals surface area contributed by atoms with Crippen LogP contribution in [0.5, 0.6) is 0 Å². The molecule has 3 aliphatic heterocycles. The lowest BCUT2D eigenvalue weighted by Crippen LogP contribution is -2.61. The molecular formula is C59H88N4O16. The lowest BCUT2D eigenvalue weighted by atomic mass is 9.78. The summed E-state index contributed by atoms with van der Waals surface area (Å²) in [7, 11) is 5.66. The number of nitrogens with zero attached hydrogens (tertiary/aromatic N) is 2. The van der Waals surface area contributed by atoms with Crippen LogP contribution in [0.3, 0.4) is 0 Å². The second-order valence-corrected chi connectivity index (χ2v) is 22.5. The molecule has 1 aromatic rings. The number of carbonyl (C=O) groups excluding carboxylic acids is 7. The van der Waals surface area contributed by atoms with Gasteiger partial charge in [-0.3, -0.25) is 19.2 Å². The van der Waals surface area contributed by atoms with Gasteiger partial charge < -0.3 is 58.6 Å². The molecule has 1 aliphatic carbocycles. The van der Waals surface area contributed by atoms with Crippen molar-refractivity contribution in [2.45, 2.75) is 193 Å². The van der Waals surface area contributed by atoms with Crippen molar-refractivity contribution < 1.29 is 76.9 Å². The first-order valence-electron chi connectivity index (χ1n) is 28.1. The average Bonchev–Trinajstić information content (AvgIpc) is 4.03. The molecule has 79 heavy (non-hydrogen) atoms. The van der Waals surface area contributed by atoms with E-state index in [0.29, 0.717) is 69.1 Å².